The maximum atomic E-state index is 4.07. The van der Waals surface area contributed by atoms with Gasteiger partial charge in [-0.05, 0) is 6.08 Å². The second kappa shape index (κ2) is 7.66. The van der Waals surface area contributed by atoms with Crippen LogP contribution < -0.4 is 4.90 Å². The summed E-state index contributed by atoms with van der Waals surface area (Å²) in [6, 6.07) is 10.4. The first kappa shape index (κ1) is 12.5. The molecule has 1 aromatic rings. The van der Waals surface area contributed by atoms with E-state index >= 15 is 0 Å². The van der Waals surface area contributed by atoms with Crippen LogP contribution in [0.2, 0.25) is 0 Å². The Morgan fingerprint density at radius 1 is 1.12 bits per heavy atom. The molecule has 1 nitrogen and oxygen atoms in total. The van der Waals surface area contributed by atoms with Crippen molar-refractivity contribution in [2.24, 2.45) is 0 Å². The Bertz CT molecular complexity index is 349. The molecule has 0 aliphatic heterocycles. The van der Waals surface area contributed by atoms with Gasteiger partial charge >= 0.3 is 0 Å². The van der Waals surface area contributed by atoms with Crippen LogP contribution in [0.15, 0.2) is 67.3 Å². The van der Waals surface area contributed by atoms with Gasteiger partial charge in [0.05, 0.1) is 13.1 Å². The van der Waals surface area contributed by atoms with Gasteiger partial charge in [-0.1, -0.05) is 61.2 Å². The van der Waals surface area contributed by atoms with Gasteiger partial charge in [-0.25, -0.2) is 0 Å². The van der Waals surface area contributed by atoms with E-state index in [-0.39, 0.29) is 0 Å². The molecular weight excluding hydrogens is 194 g/mol. The van der Waals surface area contributed by atoms with Crippen molar-refractivity contribution in [1.29, 1.82) is 0 Å². The number of nitrogens with one attached hydrogen (secondary N) is 1. The highest BCUT2D eigenvalue weighted by Crippen LogP contribution is 1.94. The Balaban J connectivity index is 2.31. The minimum atomic E-state index is 0.927. The zero-order valence-electron chi connectivity index (χ0n) is 9.60. The predicted octanol–water partition coefficient (Wildman–Crippen LogP) is 2.16. The van der Waals surface area contributed by atoms with Gasteiger partial charge in [-0.15, -0.1) is 0 Å². The van der Waals surface area contributed by atoms with Gasteiger partial charge < -0.3 is 4.90 Å². The van der Waals surface area contributed by atoms with Crippen molar-refractivity contribution >= 4 is 0 Å². The average molecular weight is 213 g/mol. The van der Waals surface area contributed by atoms with Gasteiger partial charge in [0.2, 0.25) is 0 Å². The summed E-state index contributed by atoms with van der Waals surface area (Å²) in [5.41, 5.74) is 1.32. The van der Waals surface area contributed by atoms with Crippen molar-refractivity contribution in [2.75, 3.05) is 6.54 Å². The first-order chi connectivity index (χ1) is 7.83. The number of hydrogen-bond acceptors (Lipinski definition) is 0. The van der Waals surface area contributed by atoms with Crippen LogP contribution in [0.4, 0.5) is 0 Å². The third kappa shape index (κ3) is 5.32. The van der Waals surface area contributed by atoms with Crippen LogP contribution in [0.5, 0.6) is 0 Å². The lowest BCUT2D eigenvalue weighted by atomic mass is 10.2. The number of hydrogen-bond donors (Lipinski definition) is 1. The summed E-state index contributed by atoms with van der Waals surface area (Å²) >= 11 is 0. The third-order valence-corrected chi connectivity index (χ3v) is 2.20. The largest absolute Gasteiger partial charge is 0.461 e. The molecule has 1 N–H and O–H groups in total. The standard InChI is InChI=1S/C15H19N/c1-3-4-5-6-10-13-16(2)14-15-11-8-7-9-12-15/h3-12,16H,1-2,13-14H2. The lowest BCUT2D eigenvalue weighted by Crippen LogP contribution is -3.05. The van der Waals surface area contributed by atoms with Gasteiger partial charge in [0, 0.05) is 5.56 Å². The maximum absolute atomic E-state index is 4.07. The van der Waals surface area contributed by atoms with Crippen LogP contribution in [0.3, 0.4) is 0 Å². The van der Waals surface area contributed by atoms with Crippen LogP contribution in [-0.4, -0.2) is 6.54 Å². The van der Waals surface area contributed by atoms with Crippen molar-refractivity contribution in [3.63, 3.8) is 0 Å². The van der Waals surface area contributed by atoms with Crippen molar-refractivity contribution in [3.05, 3.63) is 79.9 Å². The van der Waals surface area contributed by atoms with Crippen LogP contribution in [0.25, 0.3) is 0 Å². The molecule has 0 saturated heterocycles. The Morgan fingerprint density at radius 2 is 1.88 bits per heavy atom. The zero-order valence-corrected chi connectivity index (χ0v) is 9.60. The van der Waals surface area contributed by atoms with E-state index in [4.69, 9.17) is 0 Å². The molecule has 0 amide bonds. The Morgan fingerprint density at radius 3 is 2.56 bits per heavy atom. The molecule has 1 rings (SSSR count). The summed E-state index contributed by atoms with van der Waals surface area (Å²) < 4.78 is 0. The fourth-order valence-electron chi connectivity index (χ4n) is 1.41. The first-order valence-electron chi connectivity index (χ1n) is 5.47. The molecule has 0 bridgehead atoms. The Labute approximate surface area is 98.4 Å². The molecule has 1 heteroatoms. The highest BCUT2D eigenvalue weighted by molar-refractivity contribution is 5.13. The Hall–Kier alpha value is -1.60. The van der Waals surface area contributed by atoms with E-state index in [1.807, 2.05) is 24.3 Å². The fraction of sp³-hybridized carbons (Fsp3) is 0.133. The SMILES string of the molecule is C=CC=CC=CC[NH+]([CH2-])Cc1ccccc1. The topological polar surface area (TPSA) is 4.44 Å². The molecule has 0 spiro atoms. The molecule has 0 heterocycles. The van der Waals surface area contributed by atoms with Crippen molar-refractivity contribution in [2.45, 2.75) is 6.54 Å². The number of benzene rings is 1. The highest BCUT2D eigenvalue weighted by Gasteiger charge is 1.94. The molecule has 84 valence electrons. The highest BCUT2D eigenvalue weighted by atomic mass is 15.1. The van der Waals surface area contributed by atoms with Crippen LogP contribution in [-0.2, 0) is 6.54 Å². The molecule has 0 radical (unpaired) electrons. The number of allylic oxidation sites excluding steroid dienone is 4. The third-order valence-electron chi connectivity index (χ3n) is 2.20. The summed E-state index contributed by atoms with van der Waals surface area (Å²) in [6.45, 7) is 5.49. The van der Waals surface area contributed by atoms with E-state index in [0.717, 1.165) is 13.1 Å². The van der Waals surface area contributed by atoms with Crippen molar-refractivity contribution in [3.8, 4) is 0 Å². The maximum Gasteiger partial charge on any atom is 0.0790 e. The minimum absolute atomic E-state index is 0.927. The van der Waals surface area contributed by atoms with E-state index in [1.54, 1.807) is 6.08 Å². The second-order valence-electron chi connectivity index (χ2n) is 3.67. The minimum Gasteiger partial charge on any atom is -0.461 e. The van der Waals surface area contributed by atoms with E-state index < -0.39 is 0 Å². The van der Waals surface area contributed by atoms with Gasteiger partial charge in [-0.2, -0.15) is 7.05 Å². The predicted molar refractivity (Wildman–Crippen MR) is 69.8 cm³/mol. The van der Waals surface area contributed by atoms with E-state index in [9.17, 15) is 0 Å². The first-order valence-corrected chi connectivity index (χ1v) is 5.47. The molecule has 0 aliphatic carbocycles. The van der Waals surface area contributed by atoms with Crippen LogP contribution in [0.1, 0.15) is 5.56 Å². The second-order valence-corrected chi connectivity index (χ2v) is 3.67. The molecule has 0 fully saturated rings. The van der Waals surface area contributed by atoms with Crippen molar-refractivity contribution < 1.29 is 4.90 Å². The normalized spacial score (nSPS) is 13.3. The number of rotatable bonds is 6. The molecular formula is C15H19N. The lowest BCUT2D eigenvalue weighted by molar-refractivity contribution is -0.861. The summed E-state index contributed by atoms with van der Waals surface area (Å²) in [5.74, 6) is 0. The van der Waals surface area contributed by atoms with E-state index in [2.05, 4.69) is 44.0 Å². The summed E-state index contributed by atoms with van der Waals surface area (Å²) in [6.07, 6.45) is 9.80. The molecule has 0 saturated carbocycles. The molecule has 1 unspecified atom stereocenters. The van der Waals surface area contributed by atoms with E-state index in [0.29, 0.717) is 0 Å². The molecule has 0 aromatic heterocycles. The monoisotopic (exact) mass is 213 g/mol. The van der Waals surface area contributed by atoms with Crippen molar-refractivity contribution in [1.82, 2.24) is 0 Å². The van der Waals surface area contributed by atoms with Gasteiger partial charge in [0.1, 0.15) is 0 Å². The summed E-state index contributed by atoms with van der Waals surface area (Å²) in [5, 5.41) is 0. The smallest absolute Gasteiger partial charge is 0.0790 e. The van der Waals surface area contributed by atoms with Crippen LogP contribution in [0, 0.1) is 7.05 Å². The van der Waals surface area contributed by atoms with Gasteiger partial charge in [-0.3, -0.25) is 0 Å². The Kier molecular flexibility index (Phi) is 5.97. The molecule has 1 atom stereocenters. The average Bonchev–Trinajstić information content (AvgIpc) is 2.30. The zero-order chi connectivity index (χ0) is 11.6. The van der Waals surface area contributed by atoms with Crippen LogP contribution >= 0.6 is 0 Å². The fourth-order valence-corrected chi connectivity index (χ4v) is 1.41. The van der Waals surface area contributed by atoms with Gasteiger partial charge in [0.25, 0.3) is 0 Å². The number of quaternary nitrogens is 1. The van der Waals surface area contributed by atoms with E-state index in [1.165, 1.54) is 10.5 Å². The lowest BCUT2D eigenvalue weighted by Gasteiger charge is -2.18. The molecule has 16 heavy (non-hydrogen) atoms. The summed E-state index contributed by atoms with van der Waals surface area (Å²) in [4.78, 5) is 1.23. The summed E-state index contributed by atoms with van der Waals surface area (Å²) in [7, 11) is 4.07. The molecule has 0 aliphatic rings. The quantitative estimate of drug-likeness (QED) is 0.545. The molecule has 1 aromatic carbocycles. The van der Waals surface area contributed by atoms with Gasteiger partial charge in [0.15, 0.2) is 0 Å².